The largest absolute Gasteiger partial charge is 0.508 e. The van der Waals surface area contributed by atoms with E-state index in [0.29, 0.717) is 43.3 Å². The fourth-order valence-electron chi connectivity index (χ4n) is 6.46. The van der Waals surface area contributed by atoms with E-state index >= 15 is 4.39 Å². The van der Waals surface area contributed by atoms with Gasteiger partial charge in [-0.1, -0.05) is 18.9 Å². The summed E-state index contributed by atoms with van der Waals surface area (Å²) in [5, 5.41) is 14.4. The molecule has 6 rings (SSSR count). The standard InChI is InChI=1S/C33H30F3N5O3/c1-3-19(17-42)8-10-37-31-25-15-38-29(24-13-22(43)12-20-6-7-26(35)23(4-2)27(20)24)28(36)30(25)39-32(40-31)44-18-33-9-5-11-41(33)16-21(34)14-33/h2,6-7,12-13,15,21,43H,3,5,8-11,14,16,18H2,1H3,(H,37,39,40)/t21-,33+/m1/s1. The molecular weight excluding hydrogens is 571 g/mol. The monoisotopic (exact) mass is 601 g/mol. The number of fused-ring (bicyclic) bond motifs is 3. The lowest BCUT2D eigenvalue weighted by Crippen LogP contribution is -2.43. The summed E-state index contributed by atoms with van der Waals surface area (Å²) < 4.78 is 51.6. The predicted molar refractivity (Wildman–Crippen MR) is 161 cm³/mol. The molecule has 4 aromatic rings. The molecule has 2 aliphatic heterocycles. The fourth-order valence-corrected chi connectivity index (χ4v) is 6.46. The van der Waals surface area contributed by atoms with Crippen molar-refractivity contribution in [1.82, 2.24) is 19.9 Å². The first-order valence-corrected chi connectivity index (χ1v) is 14.5. The summed E-state index contributed by atoms with van der Waals surface area (Å²) in [6.45, 7) is 3.41. The molecule has 2 saturated heterocycles. The van der Waals surface area contributed by atoms with Crippen LogP contribution in [-0.4, -0.2) is 68.9 Å². The molecule has 0 amide bonds. The van der Waals surface area contributed by atoms with E-state index in [0.717, 1.165) is 19.4 Å². The van der Waals surface area contributed by atoms with Crippen molar-refractivity contribution in [2.45, 2.75) is 50.7 Å². The van der Waals surface area contributed by atoms with E-state index in [1.165, 1.54) is 30.5 Å². The van der Waals surface area contributed by atoms with Crippen molar-refractivity contribution >= 4 is 33.4 Å². The SMILES string of the molecule is C#Cc1c(F)ccc2cc(O)cc(-c3ncc4c(NCCC(=C=O)CC)nc(OC[C@@]56CCCN5C[C@H](F)C6)nc4c3F)c12. The second kappa shape index (κ2) is 11.8. The number of aromatic hydroxyl groups is 1. The van der Waals surface area contributed by atoms with Crippen LogP contribution in [0, 0.1) is 24.0 Å². The topological polar surface area (TPSA) is 100 Å². The number of pyridine rings is 1. The van der Waals surface area contributed by atoms with Gasteiger partial charge < -0.3 is 15.2 Å². The molecule has 0 bridgehead atoms. The van der Waals surface area contributed by atoms with Crippen molar-refractivity contribution in [1.29, 1.82) is 0 Å². The molecule has 11 heteroatoms. The highest BCUT2D eigenvalue weighted by Crippen LogP contribution is 2.41. The number of nitrogens with zero attached hydrogens (tertiary/aromatic N) is 4. The maximum absolute atomic E-state index is 16.5. The number of phenolic OH excluding ortho intramolecular Hbond substituents is 1. The Morgan fingerprint density at radius 2 is 2.14 bits per heavy atom. The quantitative estimate of drug-likeness (QED) is 0.185. The molecular formula is C33H30F3N5O3. The van der Waals surface area contributed by atoms with Crippen molar-refractivity contribution in [3.63, 3.8) is 0 Å². The van der Waals surface area contributed by atoms with Gasteiger partial charge >= 0.3 is 6.01 Å². The smallest absolute Gasteiger partial charge is 0.319 e. The van der Waals surface area contributed by atoms with E-state index in [2.05, 4.69) is 31.1 Å². The van der Waals surface area contributed by atoms with Gasteiger partial charge in [-0.2, -0.15) is 9.97 Å². The summed E-state index contributed by atoms with van der Waals surface area (Å²) in [6, 6.07) is 5.20. The molecule has 0 unspecified atom stereocenters. The normalized spacial score (nSPS) is 19.6. The summed E-state index contributed by atoms with van der Waals surface area (Å²) in [5.74, 6) is 2.78. The fraction of sp³-hybridized carbons (Fsp3) is 0.364. The van der Waals surface area contributed by atoms with Crippen LogP contribution in [0.2, 0.25) is 0 Å². The van der Waals surface area contributed by atoms with E-state index in [4.69, 9.17) is 11.2 Å². The maximum Gasteiger partial charge on any atom is 0.319 e. The van der Waals surface area contributed by atoms with E-state index in [1.54, 1.807) is 0 Å². The molecule has 4 heterocycles. The second-order valence-corrected chi connectivity index (χ2v) is 11.3. The highest BCUT2D eigenvalue weighted by molar-refractivity contribution is 6.02. The number of carbonyl (C=O) groups excluding carboxylic acids is 1. The molecule has 8 nitrogen and oxygen atoms in total. The number of hydrogen-bond donors (Lipinski definition) is 2. The average Bonchev–Trinajstić information content (AvgIpc) is 3.54. The van der Waals surface area contributed by atoms with Gasteiger partial charge in [0.2, 0.25) is 0 Å². The Balaban J connectivity index is 1.46. The van der Waals surface area contributed by atoms with Crippen LogP contribution in [0.25, 0.3) is 32.9 Å². The van der Waals surface area contributed by atoms with Crippen LogP contribution in [0.5, 0.6) is 11.8 Å². The molecule has 2 atom stereocenters. The number of phenols is 1. The van der Waals surface area contributed by atoms with Gasteiger partial charge in [-0.05, 0) is 55.8 Å². The Kier molecular flexibility index (Phi) is 7.89. The van der Waals surface area contributed by atoms with E-state index in [-0.39, 0.29) is 57.3 Å². The summed E-state index contributed by atoms with van der Waals surface area (Å²) >= 11 is 0. The number of rotatable bonds is 9. The average molecular weight is 602 g/mol. The molecule has 0 radical (unpaired) electrons. The van der Waals surface area contributed by atoms with Crippen LogP contribution in [0.4, 0.5) is 19.0 Å². The summed E-state index contributed by atoms with van der Waals surface area (Å²) in [6.07, 6.45) is 9.01. The summed E-state index contributed by atoms with van der Waals surface area (Å²) in [7, 11) is 0. The molecule has 0 aliphatic carbocycles. The first kappa shape index (κ1) is 29.4. The number of nitrogens with one attached hydrogen (secondary N) is 1. The van der Waals surface area contributed by atoms with Gasteiger partial charge in [-0.3, -0.25) is 9.88 Å². The Bertz CT molecular complexity index is 1870. The van der Waals surface area contributed by atoms with Crippen LogP contribution in [-0.2, 0) is 4.79 Å². The van der Waals surface area contributed by atoms with Crippen molar-refractivity contribution < 1.29 is 27.8 Å². The van der Waals surface area contributed by atoms with Gasteiger partial charge in [-0.25, -0.2) is 18.0 Å². The molecule has 2 aliphatic rings. The molecule has 226 valence electrons. The summed E-state index contributed by atoms with van der Waals surface area (Å²) in [5.41, 5.74) is -0.236. The van der Waals surface area contributed by atoms with Gasteiger partial charge in [0.15, 0.2) is 5.82 Å². The van der Waals surface area contributed by atoms with Gasteiger partial charge in [0.05, 0.1) is 16.5 Å². The van der Waals surface area contributed by atoms with Crippen molar-refractivity contribution in [3.05, 3.63) is 53.2 Å². The number of terminal acetylenes is 1. The Labute approximate surface area is 252 Å². The lowest BCUT2D eigenvalue weighted by molar-refractivity contribution is 0.107. The molecule has 2 aromatic heterocycles. The third-order valence-electron chi connectivity index (χ3n) is 8.64. The second-order valence-electron chi connectivity index (χ2n) is 11.3. The molecule has 2 fully saturated rings. The van der Waals surface area contributed by atoms with E-state index in [9.17, 15) is 18.7 Å². The Morgan fingerprint density at radius 3 is 2.91 bits per heavy atom. The van der Waals surface area contributed by atoms with Crippen molar-refractivity contribution in [2.24, 2.45) is 0 Å². The van der Waals surface area contributed by atoms with Crippen LogP contribution in [0.3, 0.4) is 0 Å². The van der Waals surface area contributed by atoms with Crippen molar-refractivity contribution in [2.75, 3.05) is 31.6 Å². The molecule has 0 saturated carbocycles. The minimum atomic E-state index is -0.951. The summed E-state index contributed by atoms with van der Waals surface area (Å²) in [4.78, 5) is 26.5. The lowest BCUT2D eigenvalue weighted by Gasteiger charge is -2.30. The first-order chi connectivity index (χ1) is 21.3. The number of alkyl halides is 1. The predicted octanol–water partition coefficient (Wildman–Crippen LogP) is 5.74. The zero-order chi connectivity index (χ0) is 31.0. The molecule has 0 spiro atoms. The number of anilines is 1. The van der Waals surface area contributed by atoms with Crippen LogP contribution < -0.4 is 10.1 Å². The van der Waals surface area contributed by atoms with E-state index in [1.807, 2.05) is 12.9 Å². The maximum atomic E-state index is 16.5. The first-order valence-electron chi connectivity index (χ1n) is 14.5. The third-order valence-corrected chi connectivity index (χ3v) is 8.64. The Morgan fingerprint density at radius 1 is 1.30 bits per heavy atom. The van der Waals surface area contributed by atoms with Crippen molar-refractivity contribution in [3.8, 4) is 35.4 Å². The number of halogens is 3. The number of hydrogen-bond acceptors (Lipinski definition) is 8. The van der Waals surface area contributed by atoms with Crippen LogP contribution in [0.1, 0.15) is 44.6 Å². The van der Waals surface area contributed by atoms with Gasteiger partial charge in [0, 0.05) is 42.2 Å². The molecule has 2 aromatic carbocycles. The Hall–Kier alpha value is -4.65. The highest BCUT2D eigenvalue weighted by atomic mass is 19.1. The lowest BCUT2D eigenvalue weighted by atomic mass is 9.95. The number of benzene rings is 2. The van der Waals surface area contributed by atoms with Gasteiger partial charge in [0.25, 0.3) is 0 Å². The zero-order valence-electron chi connectivity index (χ0n) is 24.1. The zero-order valence-corrected chi connectivity index (χ0v) is 24.1. The number of aromatic nitrogens is 3. The van der Waals surface area contributed by atoms with Gasteiger partial charge in [0.1, 0.15) is 47.3 Å². The third kappa shape index (κ3) is 5.21. The van der Waals surface area contributed by atoms with E-state index < -0.39 is 23.3 Å². The minimum absolute atomic E-state index is 0.0894. The highest BCUT2D eigenvalue weighted by Gasteiger charge is 2.49. The van der Waals surface area contributed by atoms with Crippen LogP contribution >= 0.6 is 0 Å². The minimum Gasteiger partial charge on any atom is -0.508 e. The molecule has 44 heavy (non-hydrogen) atoms. The van der Waals surface area contributed by atoms with Crippen LogP contribution in [0.15, 0.2) is 36.0 Å². The molecule has 2 N–H and O–H groups in total. The number of ether oxygens (including phenoxy) is 1. The van der Waals surface area contributed by atoms with Gasteiger partial charge in [-0.15, -0.1) is 6.42 Å².